The van der Waals surface area contributed by atoms with E-state index in [1.807, 2.05) is 22.6 Å². The van der Waals surface area contributed by atoms with Gasteiger partial charge in [0.05, 0.1) is 11.7 Å². The van der Waals surface area contributed by atoms with Crippen molar-refractivity contribution in [3.8, 4) is 0 Å². The molecule has 1 aromatic rings. The van der Waals surface area contributed by atoms with E-state index in [1.165, 1.54) is 18.2 Å². The number of benzene rings is 1. The highest BCUT2D eigenvalue weighted by atomic mass is 127. The van der Waals surface area contributed by atoms with Gasteiger partial charge >= 0.3 is 0 Å². The van der Waals surface area contributed by atoms with E-state index in [0.29, 0.717) is 22.2 Å². The Balaban J connectivity index is 2.02. The molecule has 0 spiro atoms. The van der Waals surface area contributed by atoms with Crippen molar-refractivity contribution >= 4 is 28.5 Å². The summed E-state index contributed by atoms with van der Waals surface area (Å²) < 4.78 is 18.8. The Labute approximate surface area is 124 Å². The molecule has 0 aromatic heterocycles. The van der Waals surface area contributed by atoms with Crippen molar-refractivity contribution in [1.82, 2.24) is 5.32 Å². The molecule has 6 heteroatoms. The van der Waals surface area contributed by atoms with Crippen LogP contribution in [0.4, 0.5) is 4.39 Å². The summed E-state index contributed by atoms with van der Waals surface area (Å²) in [5.74, 6) is -0.700. The number of hydrogen-bond donors (Lipinski definition) is 2. The van der Waals surface area contributed by atoms with Crippen LogP contribution in [0.3, 0.4) is 0 Å². The van der Waals surface area contributed by atoms with Gasteiger partial charge in [0.2, 0.25) is 0 Å². The van der Waals surface area contributed by atoms with Crippen LogP contribution in [0.25, 0.3) is 0 Å². The van der Waals surface area contributed by atoms with Crippen molar-refractivity contribution in [3.63, 3.8) is 0 Å². The van der Waals surface area contributed by atoms with Crippen LogP contribution in [0, 0.1) is 9.39 Å². The Morgan fingerprint density at radius 2 is 2.42 bits per heavy atom. The maximum atomic E-state index is 13.0. The largest absolute Gasteiger partial charge is 0.385 e. The molecule has 1 aromatic carbocycles. The molecule has 1 fully saturated rings. The fraction of sp³-hybridized carbons (Fsp3) is 0.462. The van der Waals surface area contributed by atoms with E-state index >= 15 is 0 Å². The molecule has 1 saturated heterocycles. The lowest BCUT2D eigenvalue weighted by atomic mass is 9.96. The van der Waals surface area contributed by atoms with Crippen LogP contribution in [0.5, 0.6) is 0 Å². The Morgan fingerprint density at radius 1 is 1.68 bits per heavy atom. The lowest BCUT2D eigenvalue weighted by molar-refractivity contribution is -0.0251. The first-order valence-corrected chi connectivity index (χ1v) is 7.07. The molecule has 2 rings (SSSR count). The van der Waals surface area contributed by atoms with Crippen molar-refractivity contribution in [3.05, 3.63) is 33.1 Å². The molecule has 1 amide bonds. The van der Waals surface area contributed by atoms with Gasteiger partial charge in [-0.1, -0.05) is 0 Å². The lowest BCUT2D eigenvalue weighted by Crippen LogP contribution is -2.47. The second-order valence-corrected chi connectivity index (χ2v) is 5.84. The van der Waals surface area contributed by atoms with Gasteiger partial charge in [-0.25, -0.2) is 4.39 Å². The summed E-state index contributed by atoms with van der Waals surface area (Å²) in [6, 6.07) is 3.98. The van der Waals surface area contributed by atoms with Crippen LogP contribution < -0.4 is 5.32 Å². The first kappa shape index (κ1) is 14.7. The Bertz CT molecular complexity index is 497. The highest BCUT2D eigenvalue weighted by Crippen LogP contribution is 2.25. The van der Waals surface area contributed by atoms with E-state index in [-0.39, 0.29) is 24.4 Å². The Kier molecular flexibility index (Phi) is 4.42. The number of rotatable bonds is 3. The molecule has 104 valence electrons. The van der Waals surface area contributed by atoms with Crippen molar-refractivity contribution in [1.29, 1.82) is 0 Å². The van der Waals surface area contributed by atoms with Crippen LogP contribution in [-0.4, -0.2) is 35.9 Å². The summed E-state index contributed by atoms with van der Waals surface area (Å²) in [7, 11) is 0. The van der Waals surface area contributed by atoms with Crippen molar-refractivity contribution in [2.24, 2.45) is 0 Å². The monoisotopic (exact) mass is 379 g/mol. The topological polar surface area (TPSA) is 58.6 Å². The number of hydrogen-bond acceptors (Lipinski definition) is 3. The summed E-state index contributed by atoms with van der Waals surface area (Å²) in [6.07, 6.45) is 0.190. The van der Waals surface area contributed by atoms with Crippen LogP contribution in [0.15, 0.2) is 18.2 Å². The van der Waals surface area contributed by atoms with Gasteiger partial charge in [-0.3, -0.25) is 4.79 Å². The summed E-state index contributed by atoms with van der Waals surface area (Å²) in [5.41, 5.74) is -0.627. The van der Waals surface area contributed by atoms with Gasteiger partial charge in [-0.2, -0.15) is 0 Å². The normalized spacial score (nSPS) is 26.4. The predicted molar refractivity (Wildman–Crippen MR) is 76.4 cm³/mol. The number of amides is 1. The van der Waals surface area contributed by atoms with E-state index in [1.54, 1.807) is 6.92 Å². The van der Waals surface area contributed by atoms with Gasteiger partial charge in [-0.05, 0) is 47.7 Å². The molecular formula is C13H15FINO3. The van der Waals surface area contributed by atoms with Crippen molar-refractivity contribution in [2.75, 3.05) is 13.2 Å². The molecule has 2 unspecified atom stereocenters. The molecule has 4 nitrogen and oxygen atoms in total. The minimum atomic E-state index is -1.03. The minimum Gasteiger partial charge on any atom is -0.385 e. The third-order valence-electron chi connectivity index (χ3n) is 3.39. The fourth-order valence-electron chi connectivity index (χ4n) is 2.01. The van der Waals surface area contributed by atoms with E-state index in [9.17, 15) is 14.3 Å². The smallest absolute Gasteiger partial charge is 0.252 e. The molecule has 0 radical (unpaired) electrons. The molecule has 2 atom stereocenters. The van der Waals surface area contributed by atoms with Crippen LogP contribution in [-0.2, 0) is 4.74 Å². The first-order valence-electron chi connectivity index (χ1n) is 5.99. The minimum absolute atomic E-state index is 0.125. The summed E-state index contributed by atoms with van der Waals surface area (Å²) in [6.45, 7) is 2.39. The maximum Gasteiger partial charge on any atom is 0.252 e. The molecule has 1 aliphatic heterocycles. The second kappa shape index (κ2) is 5.72. The van der Waals surface area contributed by atoms with Gasteiger partial charge in [-0.15, -0.1) is 0 Å². The summed E-state index contributed by atoms with van der Waals surface area (Å²) in [4.78, 5) is 12.0. The summed E-state index contributed by atoms with van der Waals surface area (Å²) >= 11 is 1.91. The van der Waals surface area contributed by atoms with Gasteiger partial charge in [0.25, 0.3) is 5.91 Å². The van der Waals surface area contributed by atoms with Gasteiger partial charge < -0.3 is 15.2 Å². The van der Waals surface area contributed by atoms with E-state index in [4.69, 9.17) is 4.74 Å². The average Bonchev–Trinajstić information content (AvgIpc) is 2.67. The number of carbonyl (C=O) groups is 1. The third kappa shape index (κ3) is 3.24. The van der Waals surface area contributed by atoms with Gasteiger partial charge in [0.15, 0.2) is 0 Å². The highest BCUT2D eigenvalue weighted by molar-refractivity contribution is 14.1. The molecule has 0 bridgehead atoms. The molecule has 0 saturated carbocycles. The predicted octanol–water partition coefficient (Wildman–Crippen LogP) is 1.70. The molecule has 0 aliphatic carbocycles. The lowest BCUT2D eigenvalue weighted by Gasteiger charge is -2.26. The van der Waals surface area contributed by atoms with Gasteiger partial charge in [0, 0.05) is 23.1 Å². The van der Waals surface area contributed by atoms with E-state index in [0.717, 1.165) is 0 Å². The molecule has 19 heavy (non-hydrogen) atoms. The number of nitrogens with one attached hydrogen (secondary N) is 1. The molecular weight excluding hydrogens is 364 g/mol. The van der Waals surface area contributed by atoms with Crippen LogP contribution in [0.1, 0.15) is 23.7 Å². The van der Waals surface area contributed by atoms with E-state index in [2.05, 4.69) is 5.32 Å². The SMILES string of the molecule is CC1OCCC1(O)CNC(=O)c1ccc(F)cc1I. The second-order valence-electron chi connectivity index (χ2n) is 4.67. The van der Waals surface area contributed by atoms with Crippen molar-refractivity contribution in [2.45, 2.75) is 25.0 Å². The standard InChI is InChI=1S/C13H15FINO3/c1-8-13(18,4-5-19-8)7-16-12(17)10-3-2-9(14)6-11(10)15/h2-3,6,8,18H,4-5,7H2,1H3,(H,16,17). The van der Waals surface area contributed by atoms with Gasteiger partial charge in [0.1, 0.15) is 11.4 Å². The first-order chi connectivity index (χ1) is 8.92. The zero-order chi connectivity index (χ0) is 14.0. The Hall–Kier alpha value is -0.730. The van der Waals surface area contributed by atoms with Crippen LogP contribution in [0.2, 0.25) is 0 Å². The molecule has 1 aliphatic rings. The number of carbonyl (C=O) groups excluding carboxylic acids is 1. The maximum absolute atomic E-state index is 13.0. The molecule has 1 heterocycles. The number of aliphatic hydroxyl groups is 1. The highest BCUT2D eigenvalue weighted by Gasteiger charge is 2.39. The number of halogens is 2. The molecule has 2 N–H and O–H groups in total. The average molecular weight is 379 g/mol. The zero-order valence-electron chi connectivity index (χ0n) is 10.5. The van der Waals surface area contributed by atoms with Crippen molar-refractivity contribution < 1.29 is 19.0 Å². The fourth-order valence-corrected chi connectivity index (χ4v) is 2.73. The number of ether oxygens (including phenoxy) is 1. The summed E-state index contributed by atoms with van der Waals surface area (Å²) in [5, 5.41) is 12.9. The van der Waals surface area contributed by atoms with Crippen LogP contribution >= 0.6 is 22.6 Å². The Morgan fingerprint density at radius 3 is 3.00 bits per heavy atom. The third-order valence-corrected chi connectivity index (χ3v) is 4.28. The quantitative estimate of drug-likeness (QED) is 0.787. The van der Waals surface area contributed by atoms with E-state index < -0.39 is 5.60 Å². The zero-order valence-corrected chi connectivity index (χ0v) is 12.6.